The molecule has 1 aromatic heterocycles. The molecule has 0 spiro atoms. The molecule has 0 radical (unpaired) electrons. The predicted molar refractivity (Wildman–Crippen MR) is 76.6 cm³/mol. The van der Waals surface area contributed by atoms with E-state index >= 15 is 0 Å². The van der Waals surface area contributed by atoms with Crippen LogP contribution in [0.1, 0.15) is 12.0 Å². The summed E-state index contributed by atoms with van der Waals surface area (Å²) in [5.41, 5.74) is 2.39. The molecule has 0 bridgehead atoms. The van der Waals surface area contributed by atoms with E-state index in [1.807, 2.05) is 12.3 Å². The van der Waals surface area contributed by atoms with Crippen molar-refractivity contribution in [3.05, 3.63) is 42.1 Å². The van der Waals surface area contributed by atoms with Gasteiger partial charge in [-0.15, -0.1) is 0 Å². The number of hydrogen-bond donors (Lipinski definition) is 1. The Labute approximate surface area is 109 Å². The number of hydrogen-bond acceptors (Lipinski definition) is 3. The smallest absolute Gasteiger partial charge is 0.0746 e. The van der Waals surface area contributed by atoms with Crippen LogP contribution >= 0.6 is 0 Å². The van der Waals surface area contributed by atoms with Crippen molar-refractivity contribution in [2.45, 2.75) is 13.0 Å². The Morgan fingerprint density at radius 2 is 2.00 bits per heavy atom. The molecule has 0 fully saturated rings. The summed E-state index contributed by atoms with van der Waals surface area (Å²) >= 11 is 0. The van der Waals surface area contributed by atoms with Crippen LogP contribution in [0.4, 0.5) is 0 Å². The van der Waals surface area contributed by atoms with E-state index in [0.29, 0.717) is 0 Å². The number of pyridine rings is 1. The number of rotatable bonds is 6. The lowest BCUT2D eigenvalue weighted by atomic mass is 10.1. The van der Waals surface area contributed by atoms with Crippen LogP contribution in [-0.2, 0) is 6.54 Å². The fourth-order valence-electron chi connectivity index (χ4n) is 2.05. The zero-order valence-electron chi connectivity index (χ0n) is 11.2. The zero-order chi connectivity index (χ0) is 12.8. The lowest BCUT2D eigenvalue weighted by Gasteiger charge is -2.10. The quantitative estimate of drug-likeness (QED) is 0.789. The molecule has 0 unspecified atom stereocenters. The molecule has 0 atom stereocenters. The number of aromatic nitrogens is 1. The van der Waals surface area contributed by atoms with Crippen molar-refractivity contribution in [1.29, 1.82) is 0 Å². The second kappa shape index (κ2) is 6.47. The highest BCUT2D eigenvalue weighted by molar-refractivity contribution is 5.81. The van der Waals surface area contributed by atoms with Gasteiger partial charge in [0.25, 0.3) is 0 Å². The van der Waals surface area contributed by atoms with Gasteiger partial charge in [0.05, 0.1) is 5.52 Å². The monoisotopic (exact) mass is 243 g/mol. The maximum Gasteiger partial charge on any atom is 0.0746 e. The highest BCUT2D eigenvalue weighted by Gasteiger charge is 2.00. The van der Waals surface area contributed by atoms with Crippen molar-refractivity contribution in [1.82, 2.24) is 15.2 Å². The summed E-state index contributed by atoms with van der Waals surface area (Å²) in [7, 11) is 4.21. The van der Waals surface area contributed by atoms with Crippen molar-refractivity contribution >= 4 is 10.9 Å². The van der Waals surface area contributed by atoms with Gasteiger partial charge in [-0.25, -0.2) is 0 Å². The van der Waals surface area contributed by atoms with Crippen LogP contribution < -0.4 is 5.32 Å². The van der Waals surface area contributed by atoms with Crippen molar-refractivity contribution < 1.29 is 0 Å². The van der Waals surface area contributed by atoms with Crippen LogP contribution in [0.25, 0.3) is 10.9 Å². The fraction of sp³-hybridized carbons (Fsp3) is 0.400. The molecule has 3 heteroatoms. The van der Waals surface area contributed by atoms with Crippen LogP contribution in [0.5, 0.6) is 0 Å². The average molecular weight is 243 g/mol. The van der Waals surface area contributed by atoms with Gasteiger partial charge in [0, 0.05) is 18.1 Å². The Balaban J connectivity index is 1.91. The van der Waals surface area contributed by atoms with E-state index in [9.17, 15) is 0 Å². The minimum absolute atomic E-state index is 0.891. The molecule has 0 amide bonds. The standard InChI is InChI=1S/C15H21N3/c1-18(2)11-5-9-16-12-14-7-3-6-13-8-4-10-17-15(13)14/h3-4,6-8,10,16H,5,9,11-12H2,1-2H3. The molecule has 0 saturated carbocycles. The highest BCUT2D eigenvalue weighted by atomic mass is 15.1. The Bertz CT molecular complexity index is 489. The molecular weight excluding hydrogens is 222 g/mol. The van der Waals surface area contributed by atoms with Gasteiger partial charge in [-0.05, 0) is 45.2 Å². The molecule has 0 saturated heterocycles. The first-order valence-electron chi connectivity index (χ1n) is 6.45. The third kappa shape index (κ3) is 3.52. The molecule has 0 aliphatic heterocycles. The summed E-state index contributed by atoms with van der Waals surface area (Å²) in [6, 6.07) is 10.4. The second-order valence-electron chi connectivity index (χ2n) is 4.83. The molecule has 2 aromatic rings. The van der Waals surface area contributed by atoms with Crippen LogP contribution in [0.15, 0.2) is 36.5 Å². The molecular formula is C15H21N3. The Morgan fingerprint density at radius 3 is 2.83 bits per heavy atom. The van der Waals surface area contributed by atoms with Crippen molar-refractivity contribution in [3.8, 4) is 0 Å². The van der Waals surface area contributed by atoms with Crippen LogP contribution in [0.3, 0.4) is 0 Å². The number of benzene rings is 1. The van der Waals surface area contributed by atoms with Gasteiger partial charge in [-0.1, -0.05) is 24.3 Å². The third-order valence-electron chi connectivity index (χ3n) is 2.99. The van der Waals surface area contributed by atoms with Gasteiger partial charge >= 0.3 is 0 Å². The zero-order valence-corrected chi connectivity index (χ0v) is 11.2. The minimum atomic E-state index is 0.891. The van der Waals surface area contributed by atoms with E-state index in [0.717, 1.165) is 25.2 Å². The largest absolute Gasteiger partial charge is 0.313 e. The molecule has 1 aromatic carbocycles. The lowest BCUT2D eigenvalue weighted by Crippen LogP contribution is -2.21. The van der Waals surface area contributed by atoms with Crippen LogP contribution in [0, 0.1) is 0 Å². The molecule has 96 valence electrons. The predicted octanol–water partition coefficient (Wildman–Crippen LogP) is 2.28. The number of nitrogens with zero attached hydrogens (tertiary/aromatic N) is 2. The molecule has 2 rings (SSSR count). The minimum Gasteiger partial charge on any atom is -0.313 e. The normalized spacial score (nSPS) is 11.3. The van der Waals surface area contributed by atoms with Gasteiger partial charge in [-0.2, -0.15) is 0 Å². The van der Waals surface area contributed by atoms with E-state index in [1.54, 1.807) is 0 Å². The highest BCUT2D eigenvalue weighted by Crippen LogP contribution is 2.15. The number of para-hydroxylation sites is 1. The van der Waals surface area contributed by atoms with E-state index in [-0.39, 0.29) is 0 Å². The maximum atomic E-state index is 4.46. The first kappa shape index (κ1) is 13.0. The van der Waals surface area contributed by atoms with Crippen LogP contribution in [0.2, 0.25) is 0 Å². The Hall–Kier alpha value is -1.45. The summed E-state index contributed by atoms with van der Waals surface area (Å²) in [4.78, 5) is 6.67. The lowest BCUT2D eigenvalue weighted by molar-refractivity contribution is 0.394. The summed E-state index contributed by atoms with van der Waals surface area (Å²) in [6.45, 7) is 3.06. The number of nitrogens with one attached hydrogen (secondary N) is 1. The summed E-state index contributed by atoms with van der Waals surface area (Å²) in [5.74, 6) is 0. The van der Waals surface area contributed by atoms with Gasteiger partial charge in [0.1, 0.15) is 0 Å². The summed E-state index contributed by atoms with van der Waals surface area (Å²) < 4.78 is 0. The summed E-state index contributed by atoms with van der Waals surface area (Å²) in [6.07, 6.45) is 3.03. The molecule has 0 aliphatic rings. The Kier molecular flexibility index (Phi) is 4.67. The molecule has 1 heterocycles. The molecule has 0 aliphatic carbocycles. The van der Waals surface area contributed by atoms with Crippen LogP contribution in [-0.4, -0.2) is 37.1 Å². The first-order valence-corrected chi connectivity index (χ1v) is 6.45. The van der Waals surface area contributed by atoms with Gasteiger partial charge < -0.3 is 10.2 Å². The second-order valence-corrected chi connectivity index (χ2v) is 4.83. The molecule has 3 nitrogen and oxygen atoms in total. The van der Waals surface area contributed by atoms with E-state index in [4.69, 9.17) is 0 Å². The van der Waals surface area contributed by atoms with Gasteiger partial charge in [0.2, 0.25) is 0 Å². The summed E-state index contributed by atoms with van der Waals surface area (Å²) in [5, 5.41) is 4.70. The topological polar surface area (TPSA) is 28.2 Å². The SMILES string of the molecule is CN(C)CCCNCc1cccc2cccnc12. The van der Waals surface area contributed by atoms with Crippen molar-refractivity contribution in [3.63, 3.8) is 0 Å². The van der Waals surface area contributed by atoms with E-state index in [2.05, 4.69) is 53.6 Å². The maximum absolute atomic E-state index is 4.46. The van der Waals surface area contributed by atoms with Gasteiger partial charge in [-0.3, -0.25) is 4.98 Å². The van der Waals surface area contributed by atoms with E-state index < -0.39 is 0 Å². The molecule has 1 N–H and O–H groups in total. The average Bonchev–Trinajstić information content (AvgIpc) is 2.38. The first-order chi connectivity index (χ1) is 8.77. The van der Waals surface area contributed by atoms with E-state index in [1.165, 1.54) is 17.4 Å². The van der Waals surface area contributed by atoms with Gasteiger partial charge in [0.15, 0.2) is 0 Å². The van der Waals surface area contributed by atoms with Crippen molar-refractivity contribution in [2.75, 3.05) is 27.2 Å². The molecule has 18 heavy (non-hydrogen) atoms. The number of fused-ring (bicyclic) bond motifs is 1. The Morgan fingerprint density at radius 1 is 1.17 bits per heavy atom. The third-order valence-corrected chi connectivity index (χ3v) is 2.99. The van der Waals surface area contributed by atoms with Crippen molar-refractivity contribution in [2.24, 2.45) is 0 Å². The fourth-order valence-corrected chi connectivity index (χ4v) is 2.05.